The van der Waals surface area contributed by atoms with Crippen LogP contribution in [0.25, 0.3) is 11.4 Å². The number of methoxy groups -OCH3 is 1. The number of aromatic nitrogens is 5. The summed E-state index contributed by atoms with van der Waals surface area (Å²) in [6.45, 7) is 4.60. The van der Waals surface area contributed by atoms with Crippen LogP contribution >= 0.6 is 11.8 Å². The summed E-state index contributed by atoms with van der Waals surface area (Å²) in [7, 11) is 1.66. The first-order chi connectivity index (χ1) is 14.6. The van der Waals surface area contributed by atoms with E-state index in [0.717, 1.165) is 35.3 Å². The van der Waals surface area contributed by atoms with Gasteiger partial charge < -0.3 is 13.8 Å². The van der Waals surface area contributed by atoms with Crippen LogP contribution in [0, 0.1) is 6.92 Å². The Labute approximate surface area is 179 Å². The number of benzene rings is 2. The van der Waals surface area contributed by atoms with Gasteiger partial charge in [0.15, 0.2) is 16.8 Å². The molecular formula is C22H23N5O2S. The zero-order chi connectivity index (χ0) is 20.9. The second-order valence-electron chi connectivity index (χ2n) is 6.86. The highest BCUT2D eigenvalue weighted by Gasteiger charge is 2.21. The van der Waals surface area contributed by atoms with Crippen molar-refractivity contribution in [1.29, 1.82) is 0 Å². The van der Waals surface area contributed by atoms with E-state index in [0.29, 0.717) is 11.7 Å². The highest BCUT2D eigenvalue weighted by atomic mass is 32.2. The number of aryl methyl sites for hydroxylation is 2. The van der Waals surface area contributed by atoms with E-state index < -0.39 is 0 Å². The average Bonchev–Trinajstić information content (AvgIpc) is 3.39. The molecule has 0 aliphatic heterocycles. The Morgan fingerprint density at radius 1 is 1.07 bits per heavy atom. The average molecular weight is 422 g/mol. The molecule has 0 aliphatic rings. The van der Waals surface area contributed by atoms with Crippen LogP contribution in [-0.4, -0.2) is 32.0 Å². The Kier molecular flexibility index (Phi) is 6.13. The fourth-order valence-corrected chi connectivity index (χ4v) is 4.01. The second kappa shape index (κ2) is 9.13. The molecular weight excluding hydrogens is 398 g/mol. The van der Waals surface area contributed by atoms with Gasteiger partial charge in [-0.05, 0) is 50.1 Å². The quantitative estimate of drug-likeness (QED) is 0.380. The third-order valence-electron chi connectivity index (χ3n) is 4.71. The maximum atomic E-state index is 5.33. The molecule has 7 nitrogen and oxygen atoms in total. The van der Waals surface area contributed by atoms with Gasteiger partial charge in [-0.25, -0.2) is 0 Å². The van der Waals surface area contributed by atoms with Crippen LogP contribution in [0.4, 0.5) is 0 Å². The molecule has 0 amide bonds. The molecule has 0 saturated carbocycles. The van der Waals surface area contributed by atoms with E-state index >= 15 is 0 Å². The Balaban J connectivity index is 1.63. The Morgan fingerprint density at radius 2 is 1.83 bits per heavy atom. The van der Waals surface area contributed by atoms with Crippen molar-refractivity contribution < 1.29 is 9.26 Å². The molecule has 8 heteroatoms. The standard InChI is InChI=1S/C22H23N5O2S/c1-15(21-23-16(2)26-29-21)30-22-25-24-20(18-9-11-19(28-3)12-10-18)27(22)14-13-17-7-5-4-6-8-17/h4-12,15H,13-14H2,1-3H3. The molecule has 1 unspecified atom stereocenters. The first-order valence-corrected chi connectivity index (χ1v) is 10.6. The lowest BCUT2D eigenvalue weighted by Gasteiger charge is -2.12. The summed E-state index contributed by atoms with van der Waals surface area (Å²) in [4.78, 5) is 4.34. The molecule has 30 heavy (non-hydrogen) atoms. The summed E-state index contributed by atoms with van der Waals surface area (Å²) >= 11 is 1.56. The van der Waals surface area contributed by atoms with E-state index in [-0.39, 0.29) is 5.25 Å². The van der Waals surface area contributed by atoms with E-state index in [9.17, 15) is 0 Å². The molecule has 2 heterocycles. The molecule has 2 aromatic carbocycles. The fraction of sp³-hybridized carbons (Fsp3) is 0.273. The smallest absolute Gasteiger partial charge is 0.239 e. The first kappa shape index (κ1) is 20.2. The van der Waals surface area contributed by atoms with Gasteiger partial charge >= 0.3 is 0 Å². The van der Waals surface area contributed by atoms with Crippen LogP contribution in [0.3, 0.4) is 0 Å². The number of hydrogen-bond acceptors (Lipinski definition) is 7. The van der Waals surface area contributed by atoms with Crippen molar-refractivity contribution in [2.24, 2.45) is 0 Å². The largest absolute Gasteiger partial charge is 0.497 e. The number of hydrogen-bond donors (Lipinski definition) is 0. The zero-order valence-corrected chi connectivity index (χ0v) is 18.0. The minimum absolute atomic E-state index is 0.0328. The third-order valence-corrected chi connectivity index (χ3v) is 5.77. The van der Waals surface area contributed by atoms with Crippen molar-refractivity contribution in [2.45, 2.75) is 37.2 Å². The lowest BCUT2D eigenvalue weighted by Crippen LogP contribution is -2.06. The van der Waals surface area contributed by atoms with Gasteiger partial charge in [0.1, 0.15) is 5.75 Å². The predicted octanol–water partition coefficient (Wildman–Crippen LogP) is 4.74. The van der Waals surface area contributed by atoms with Crippen molar-refractivity contribution in [3.8, 4) is 17.1 Å². The van der Waals surface area contributed by atoms with E-state index in [1.54, 1.807) is 18.9 Å². The number of rotatable bonds is 8. The molecule has 0 aliphatic carbocycles. The predicted molar refractivity (Wildman–Crippen MR) is 115 cm³/mol. The van der Waals surface area contributed by atoms with Gasteiger partial charge in [-0.1, -0.05) is 47.3 Å². The second-order valence-corrected chi connectivity index (χ2v) is 8.17. The van der Waals surface area contributed by atoms with Crippen molar-refractivity contribution in [3.05, 3.63) is 71.9 Å². The first-order valence-electron chi connectivity index (χ1n) is 9.72. The highest BCUT2D eigenvalue weighted by molar-refractivity contribution is 7.99. The zero-order valence-electron chi connectivity index (χ0n) is 17.1. The van der Waals surface area contributed by atoms with E-state index in [4.69, 9.17) is 9.26 Å². The van der Waals surface area contributed by atoms with Crippen molar-refractivity contribution in [3.63, 3.8) is 0 Å². The van der Waals surface area contributed by atoms with Crippen LogP contribution < -0.4 is 4.74 Å². The molecule has 0 radical (unpaired) electrons. The molecule has 154 valence electrons. The van der Waals surface area contributed by atoms with Gasteiger partial charge in [0, 0.05) is 12.1 Å². The molecule has 2 aromatic heterocycles. The fourth-order valence-electron chi connectivity index (χ4n) is 3.10. The monoisotopic (exact) mass is 421 g/mol. The summed E-state index contributed by atoms with van der Waals surface area (Å²) in [5, 5.41) is 13.6. The summed E-state index contributed by atoms with van der Waals surface area (Å²) in [6.07, 6.45) is 0.879. The molecule has 0 spiro atoms. The Morgan fingerprint density at radius 3 is 2.50 bits per heavy atom. The van der Waals surface area contributed by atoms with Gasteiger partial charge in [0.2, 0.25) is 5.89 Å². The number of nitrogens with zero attached hydrogens (tertiary/aromatic N) is 5. The topological polar surface area (TPSA) is 78.9 Å². The van der Waals surface area contributed by atoms with Gasteiger partial charge in [-0.3, -0.25) is 0 Å². The van der Waals surface area contributed by atoms with Crippen LogP contribution in [0.5, 0.6) is 5.75 Å². The SMILES string of the molecule is COc1ccc(-c2nnc(SC(C)c3nc(C)no3)n2CCc2ccccc2)cc1. The van der Waals surface area contributed by atoms with Crippen LogP contribution in [0.2, 0.25) is 0 Å². The van der Waals surface area contributed by atoms with Gasteiger partial charge in [0.05, 0.1) is 12.4 Å². The van der Waals surface area contributed by atoms with Gasteiger partial charge in [-0.15, -0.1) is 10.2 Å². The van der Waals surface area contributed by atoms with E-state index in [2.05, 4.69) is 49.2 Å². The molecule has 4 rings (SSSR count). The maximum absolute atomic E-state index is 5.33. The van der Waals surface area contributed by atoms with Crippen LogP contribution in [-0.2, 0) is 13.0 Å². The molecule has 0 bridgehead atoms. The summed E-state index contributed by atoms with van der Waals surface area (Å²) < 4.78 is 12.8. The highest BCUT2D eigenvalue weighted by Crippen LogP contribution is 2.35. The summed E-state index contributed by atoms with van der Waals surface area (Å²) in [6, 6.07) is 18.3. The Bertz CT molecular complexity index is 1090. The van der Waals surface area contributed by atoms with Crippen LogP contribution in [0.1, 0.15) is 29.5 Å². The van der Waals surface area contributed by atoms with E-state index in [1.807, 2.05) is 44.2 Å². The normalized spacial score (nSPS) is 12.1. The van der Waals surface area contributed by atoms with Crippen molar-refractivity contribution in [2.75, 3.05) is 7.11 Å². The number of ether oxygens (including phenoxy) is 1. The molecule has 1 atom stereocenters. The maximum Gasteiger partial charge on any atom is 0.239 e. The summed E-state index contributed by atoms with van der Waals surface area (Å²) in [5.74, 6) is 2.84. The minimum Gasteiger partial charge on any atom is -0.497 e. The Hall–Kier alpha value is -3.13. The third kappa shape index (κ3) is 4.54. The number of thioether (sulfide) groups is 1. The summed E-state index contributed by atoms with van der Waals surface area (Å²) in [5.41, 5.74) is 2.26. The van der Waals surface area contributed by atoms with Gasteiger partial charge in [-0.2, -0.15) is 4.98 Å². The lowest BCUT2D eigenvalue weighted by molar-refractivity contribution is 0.376. The molecule has 0 N–H and O–H groups in total. The van der Waals surface area contributed by atoms with Crippen molar-refractivity contribution in [1.82, 2.24) is 24.9 Å². The lowest BCUT2D eigenvalue weighted by atomic mass is 10.1. The molecule has 4 aromatic rings. The van der Waals surface area contributed by atoms with Crippen LogP contribution in [0.15, 0.2) is 64.3 Å². The molecule has 0 saturated heterocycles. The minimum atomic E-state index is -0.0328. The molecule has 0 fully saturated rings. The van der Waals surface area contributed by atoms with Gasteiger partial charge in [0.25, 0.3) is 0 Å². The van der Waals surface area contributed by atoms with Crippen molar-refractivity contribution >= 4 is 11.8 Å². The van der Waals surface area contributed by atoms with E-state index in [1.165, 1.54) is 5.56 Å².